The van der Waals surface area contributed by atoms with E-state index in [1.807, 2.05) is 74.7 Å². The van der Waals surface area contributed by atoms with E-state index in [2.05, 4.69) is 6.58 Å². The van der Waals surface area contributed by atoms with Crippen molar-refractivity contribution in [3.63, 3.8) is 0 Å². The maximum absolute atomic E-state index is 11.1. The zero-order valence-electron chi connectivity index (χ0n) is 13.2. The van der Waals surface area contributed by atoms with E-state index in [1.54, 1.807) is 11.3 Å². The highest BCUT2D eigenvalue weighted by Gasteiger charge is 2.24. The minimum atomic E-state index is -0.406. The van der Waals surface area contributed by atoms with Gasteiger partial charge in [-0.05, 0) is 35.9 Å². The first-order valence-corrected chi connectivity index (χ1v) is 8.12. The number of hydrogen-bond donors (Lipinski definition) is 0. The summed E-state index contributed by atoms with van der Waals surface area (Å²) in [5.41, 5.74) is 0.933. The first-order chi connectivity index (χ1) is 10.6. The molecule has 2 aromatic rings. The van der Waals surface area contributed by atoms with E-state index in [-0.39, 0.29) is 5.70 Å². The third-order valence-electron chi connectivity index (χ3n) is 3.05. The van der Waals surface area contributed by atoms with Crippen LogP contribution in [-0.4, -0.2) is 4.92 Å². The van der Waals surface area contributed by atoms with Crippen LogP contribution >= 0.6 is 11.3 Å². The van der Waals surface area contributed by atoms with Crippen molar-refractivity contribution in [2.24, 2.45) is 0 Å². The van der Waals surface area contributed by atoms with Crippen LogP contribution in [0.25, 0.3) is 10.1 Å². The number of thiophene rings is 1. The molecule has 0 aliphatic rings. The third kappa shape index (κ3) is 4.15. The Balaban J connectivity index is 0.00000116. The second kappa shape index (κ2) is 8.95. The molecule has 0 fully saturated rings. The van der Waals surface area contributed by atoms with Crippen LogP contribution in [0.2, 0.25) is 0 Å². The lowest BCUT2D eigenvalue weighted by molar-refractivity contribution is -0.428. The fourth-order valence-electron chi connectivity index (χ4n) is 2.03. The maximum Gasteiger partial charge on any atom is 0.250 e. The van der Waals surface area contributed by atoms with Gasteiger partial charge >= 0.3 is 0 Å². The molecule has 116 valence electrons. The molecule has 0 spiro atoms. The molecular weight excluding hydrogens is 294 g/mol. The molecule has 3 nitrogen and oxygen atoms in total. The highest BCUT2D eigenvalue weighted by molar-refractivity contribution is 7.17. The van der Waals surface area contributed by atoms with Gasteiger partial charge in [0.1, 0.15) is 0 Å². The van der Waals surface area contributed by atoms with Gasteiger partial charge in [-0.2, -0.15) is 0 Å². The normalized spacial score (nSPS) is 12.3. The number of benzene rings is 1. The van der Waals surface area contributed by atoms with Crippen LogP contribution in [0.4, 0.5) is 0 Å². The molecule has 0 N–H and O–H groups in total. The van der Waals surface area contributed by atoms with Crippen molar-refractivity contribution in [3.05, 3.63) is 81.9 Å². The molecule has 1 aromatic heterocycles. The van der Waals surface area contributed by atoms with E-state index >= 15 is 0 Å². The molecule has 22 heavy (non-hydrogen) atoms. The Morgan fingerprint density at radius 2 is 2.00 bits per heavy atom. The van der Waals surface area contributed by atoms with Gasteiger partial charge in [0, 0.05) is 4.70 Å². The van der Waals surface area contributed by atoms with Crippen LogP contribution in [0, 0.1) is 10.1 Å². The van der Waals surface area contributed by atoms with Gasteiger partial charge in [0.15, 0.2) is 0 Å². The molecule has 1 aromatic carbocycles. The van der Waals surface area contributed by atoms with Crippen LogP contribution in [-0.2, 0) is 0 Å². The molecule has 0 amide bonds. The van der Waals surface area contributed by atoms with Gasteiger partial charge in [0.05, 0.1) is 10.8 Å². The molecule has 0 bridgehead atoms. The quantitative estimate of drug-likeness (QED) is 0.389. The van der Waals surface area contributed by atoms with E-state index < -0.39 is 10.8 Å². The predicted molar refractivity (Wildman–Crippen MR) is 96.0 cm³/mol. The Kier molecular flexibility index (Phi) is 7.26. The standard InChI is InChI=1S/C16H15NO2S.C2H6/c1-3-4-5-8-13(12(2)17(18)19)15-11-20-16-10-7-6-9-14(15)16;1-2/h3-11,13H,2H2,1H3;1-2H3/b4-3-,8-5?;. The lowest BCUT2D eigenvalue weighted by Gasteiger charge is -2.08. The molecule has 0 saturated heterocycles. The fourth-order valence-corrected chi connectivity index (χ4v) is 3.03. The summed E-state index contributed by atoms with van der Waals surface area (Å²) in [6.45, 7) is 9.53. The number of fused-ring (bicyclic) bond motifs is 1. The highest BCUT2D eigenvalue weighted by Crippen LogP contribution is 2.35. The van der Waals surface area contributed by atoms with Crippen LogP contribution < -0.4 is 0 Å². The Bertz CT molecular complexity index is 698. The minimum Gasteiger partial charge on any atom is -0.259 e. The van der Waals surface area contributed by atoms with Crippen molar-refractivity contribution >= 4 is 21.4 Å². The van der Waals surface area contributed by atoms with Crippen molar-refractivity contribution in [2.75, 3.05) is 0 Å². The summed E-state index contributed by atoms with van der Waals surface area (Å²) in [6.07, 6.45) is 7.38. The molecule has 1 unspecified atom stereocenters. The average molecular weight is 315 g/mol. The van der Waals surface area contributed by atoms with Crippen molar-refractivity contribution < 1.29 is 4.92 Å². The van der Waals surface area contributed by atoms with E-state index in [9.17, 15) is 10.1 Å². The van der Waals surface area contributed by atoms with Gasteiger partial charge in [-0.25, -0.2) is 0 Å². The second-order valence-electron chi connectivity index (χ2n) is 4.32. The van der Waals surface area contributed by atoms with Gasteiger partial charge in [0.2, 0.25) is 5.70 Å². The minimum absolute atomic E-state index is 0.00527. The Hall–Kier alpha value is -2.20. The smallest absolute Gasteiger partial charge is 0.250 e. The molecule has 0 radical (unpaired) electrons. The zero-order valence-corrected chi connectivity index (χ0v) is 14.0. The van der Waals surface area contributed by atoms with Crippen LogP contribution in [0.15, 0.2) is 66.2 Å². The van der Waals surface area contributed by atoms with E-state index in [4.69, 9.17) is 0 Å². The number of allylic oxidation sites excluding steroid dienone is 4. The summed E-state index contributed by atoms with van der Waals surface area (Å²) in [5.74, 6) is -0.405. The Labute approximate surface area is 135 Å². The van der Waals surface area contributed by atoms with Gasteiger partial charge < -0.3 is 0 Å². The Morgan fingerprint density at radius 3 is 2.64 bits per heavy atom. The molecule has 1 heterocycles. The first-order valence-electron chi connectivity index (χ1n) is 7.24. The summed E-state index contributed by atoms with van der Waals surface area (Å²) in [7, 11) is 0. The lowest BCUT2D eigenvalue weighted by atomic mass is 9.95. The van der Waals surface area contributed by atoms with Crippen molar-refractivity contribution in [2.45, 2.75) is 26.7 Å². The average Bonchev–Trinajstić information content (AvgIpc) is 2.97. The van der Waals surface area contributed by atoms with Crippen LogP contribution in [0.1, 0.15) is 32.3 Å². The first kappa shape index (κ1) is 17.9. The molecule has 4 heteroatoms. The summed E-state index contributed by atoms with van der Waals surface area (Å²) < 4.78 is 1.13. The van der Waals surface area contributed by atoms with E-state index in [0.717, 1.165) is 15.6 Å². The van der Waals surface area contributed by atoms with Crippen LogP contribution in [0.5, 0.6) is 0 Å². The lowest BCUT2D eigenvalue weighted by Crippen LogP contribution is -2.06. The van der Waals surface area contributed by atoms with Gasteiger partial charge in [-0.3, -0.25) is 10.1 Å². The zero-order chi connectivity index (χ0) is 16.5. The van der Waals surface area contributed by atoms with Crippen molar-refractivity contribution in [1.29, 1.82) is 0 Å². The molecular formula is C18H21NO2S. The maximum atomic E-state index is 11.1. The molecule has 2 rings (SSSR count). The largest absolute Gasteiger partial charge is 0.259 e. The van der Waals surface area contributed by atoms with Gasteiger partial charge in [0.25, 0.3) is 0 Å². The summed E-state index contributed by atoms with van der Waals surface area (Å²) in [5, 5.41) is 14.1. The summed E-state index contributed by atoms with van der Waals surface area (Å²) in [4.78, 5) is 10.7. The Morgan fingerprint density at radius 1 is 1.32 bits per heavy atom. The summed E-state index contributed by atoms with van der Waals surface area (Å²) >= 11 is 1.59. The SMILES string of the molecule is C=C(C(C=C/C=C\C)c1csc2ccccc12)[N+](=O)[O-].CC. The molecule has 0 aliphatic carbocycles. The highest BCUT2D eigenvalue weighted by atomic mass is 32.1. The fraction of sp³-hybridized carbons (Fsp3) is 0.222. The molecule has 0 aliphatic heterocycles. The summed E-state index contributed by atoms with van der Waals surface area (Å²) in [6, 6.07) is 7.92. The third-order valence-corrected chi connectivity index (χ3v) is 4.03. The van der Waals surface area contributed by atoms with E-state index in [0.29, 0.717) is 0 Å². The van der Waals surface area contributed by atoms with E-state index in [1.165, 1.54) is 0 Å². The monoisotopic (exact) mass is 315 g/mol. The molecule has 1 atom stereocenters. The number of rotatable bonds is 5. The van der Waals surface area contributed by atoms with Gasteiger partial charge in [-0.1, -0.05) is 56.4 Å². The second-order valence-corrected chi connectivity index (χ2v) is 5.24. The topological polar surface area (TPSA) is 43.1 Å². The van der Waals surface area contributed by atoms with Crippen molar-refractivity contribution in [3.8, 4) is 0 Å². The number of hydrogen-bond acceptors (Lipinski definition) is 3. The van der Waals surface area contributed by atoms with Crippen LogP contribution in [0.3, 0.4) is 0 Å². The number of nitrogens with zero attached hydrogens (tertiary/aromatic N) is 1. The predicted octanol–water partition coefficient (Wildman–Crippen LogP) is 5.93. The van der Waals surface area contributed by atoms with Crippen molar-refractivity contribution in [1.82, 2.24) is 0 Å². The molecule has 0 saturated carbocycles. The van der Waals surface area contributed by atoms with Gasteiger partial charge in [-0.15, -0.1) is 11.3 Å². The number of nitro groups is 1.